The Morgan fingerprint density at radius 2 is 1.38 bits per heavy atom. The normalized spacial score (nSPS) is 15.7. The van der Waals surface area contributed by atoms with E-state index in [1.54, 1.807) is 11.1 Å². The summed E-state index contributed by atoms with van der Waals surface area (Å²) in [7, 11) is 0. The quantitative estimate of drug-likeness (QED) is 0.109. The van der Waals surface area contributed by atoms with Gasteiger partial charge < -0.3 is 10.1 Å². The molecule has 1 spiro atoms. The molecular formula is C48H62IrNO2-. The first kappa shape index (κ1) is 41.7. The van der Waals surface area contributed by atoms with E-state index in [9.17, 15) is 9.90 Å². The topological polar surface area (TPSA) is 50.2 Å². The minimum absolute atomic E-state index is 0. The number of allylic oxidation sites excluding steroid dienone is 2. The Bertz CT molecular complexity index is 1880. The van der Waals surface area contributed by atoms with Crippen LogP contribution >= 0.6 is 0 Å². The van der Waals surface area contributed by atoms with Gasteiger partial charge in [-0.15, -0.1) is 29.1 Å². The van der Waals surface area contributed by atoms with Gasteiger partial charge in [0, 0.05) is 44.2 Å². The van der Waals surface area contributed by atoms with E-state index in [2.05, 4.69) is 122 Å². The Hall–Kier alpha value is -3.07. The number of aliphatic hydroxyl groups excluding tert-OH is 1. The number of carbonyl (C=O) groups is 1. The number of hydrogen-bond donors (Lipinski definition) is 1. The average Bonchev–Trinajstić information content (AvgIpc) is 3.60. The van der Waals surface area contributed by atoms with Crippen LogP contribution < -0.4 is 0 Å². The summed E-state index contributed by atoms with van der Waals surface area (Å²) in [5.41, 5.74) is 11.5. The number of aliphatic hydroxyl groups is 1. The monoisotopic (exact) mass is 877 g/mol. The number of rotatable bonds is 8. The number of carbonyl (C=O) groups excluding carboxylic acids is 1. The Kier molecular flexibility index (Phi) is 13.2. The van der Waals surface area contributed by atoms with Crippen molar-refractivity contribution < 1.29 is 30.0 Å². The zero-order chi connectivity index (χ0) is 37.3. The molecule has 0 amide bonds. The Balaban J connectivity index is 0.000000305. The summed E-state index contributed by atoms with van der Waals surface area (Å²) in [6, 6.07) is 24.2. The van der Waals surface area contributed by atoms with Crippen LogP contribution in [0.3, 0.4) is 0 Å². The Labute approximate surface area is 328 Å². The maximum absolute atomic E-state index is 11.8. The predicted molar refractivity (Wildman–Crippen MR) is 216 cm³/mol. The first-order valence-electron chi connectivity index (χ1n) is 19.5. The summed E-state index contributed by atoms with van der Waals surface area (Å²) in [5, 5.41) is 12.5. The van der Waals surface area contributed by atoms with Crippen LogP contribution in [0.2, 0.25) is 0 Å². The van der Waals surface area contributed by atoms with Crippen molar-refractivity contribution in [1.82, 2.24) is 4.98 Å². The van der Waals surface area contributed by atoms with Gasteiger partial charge in [0.05, 0.1) is 5.76 Å². The third-order valence-corrected chi connectivity index (χ3v) is 11.6. The van der Waals surface area contributed by atoms with Gasteiger partial charge in [0.15, 0.2) is 5.78 Å². The molecule has 4 aromatic rings. The Morgan fingerprint density at radius 3 is 1.90 bits per heavy atom. The maximum atomic E-state index is 11.8. The van der Waals surface area contributed by atoms with Crippen molar-refractivity contribution >= 4 is 16.6 Å². The third kappa shape index (κ3) is 8.99. The summed E-state index contributed by atoms with van der Waals surface area (Å²) in [5.74, 6) is 0.872. The van der Waals surface area contributed by atoms with Crippen molar-refractivity contribution in [3.63, 3.8) is 0 Å². The molecule has 281 valence electrons. The van der Waals surface area contributed by atoms with Gasteiger partial charge in [0.25, 0.3) is 0 Å². The molecule has 0 saturated carbocycles. The molecule has 1 atom stereocenters. The first-order chi connectivity index (χ1) is 24.0. The van der Waals surface area contributed by atoms with Crippen LogP contribution in [0, 0.1) is 29.2 Å². The molecule has 52 heavy (non-hydrogen) atoms. The second-order valence-electron chi connectivity index (χ2n) is 17.9. The van der Waals surface area contributed by atoms with E-state index in [0.717, 1.165) is 30.5 Å². The van der Waals surface area contributed by atoms with E-state index in [1.807, 2.05) is 20.8 Å². The van der Waals surface area contributed by atoms with Crippen molar-refractivity contribution in [3.05, 3.63) is 112 Å². The van der Waals surface area contributed by atoms with Crippen LogP contribution in [0.25, 0.3) is 22.0 Å². The smallest absolute Gasteiger partial charge is 0.162 e. The molecule has 1 N–H and O–H groups in total. The fourth-order valence-electron chi connectivity index (χ4n) is 8.68. The van der Waals surface area contributed by atoms with E-state index >= 15 is 0 Å². The van der Waals surface area contributed by atoms with Gasteiger partial charge in [0.2, 0.25) is 0 Å². The van der Waals surface area contributed by atoms with Gasteiger partial charge in [0.1, 0.15) is 0 Å². The van der Waals surface area contributed by atoms with Gasteiger partial charge in [-0.2, -0.15) is 0 Å². The van der Waals surface area contributed by atoms with E-state index in [1.165, 1.54) is 64.8 Å². The van der Waals surface area contributed by atoms with Crippen LogP contribution in [-0.2, 0) is 61.4 Å². The van der Waals surface area contributed by atoms with Crippen molar-refractivity contribution in [2.45, 2.75) is 132 Å². The van der Waals surface area contributed by atoms with E-state index in [0.29, 0.717) is 11.3 Å². The molecular weight excluding hydrogens is 815 g/mol. The summed E-state index contributed by atoms with van der Waals surface area (Å²) < 4.78 is 0. The molecule has 2 aliphatic carbocycles. The predicted octanol–water partition coefficient (Wildman–Crippen LogP) is 12.3. The van der Waals surface area contributed by atoms with E-state index in [-0.39, 0.29) is 54.3 Å². The van der Waals surface area contributed by atoms with Crippen molar-refractivity contribution in [1.29, 1.82) is 0 Å². The molecule has 2 aliphatic rings. The van der Waals surface area contributed by atoms with Crippen LogP contribution in [0.5, 0.6) is 0 Å². The summed E-state index contributed by atoms with van der Waals surface area (Å²) >= 11 is 0. The van der Waals surface area contributed by atoms with Crippen LogP contribution in [-0.4, -0.2) is 15.9 Å². The SMILES string of the molecule is CC(C)(C)c1cnc(-c2[c-]ccc3cc4c(cc23)CC2(Cc3ccccc3C2)C4)cc1C(C)(C)C.CCC(CC)C(=O)/C=C(\O)C(CC)C(C)C.[Ir]. The first-order valence-corrected chi connectivity index (χ1v) is 19.5. The van der Waals surface area contributed by atoms with Crippen molar-refractivity contribution in [3.8, 4) is 11.3 Å². The molecule has 3 nitrogen and oxygen atoms in total. The number of hydrogen-bond acceptors (Lipinski definition) is 3. The number of pyridine rings is 1. The fourth-order valence-corrected chi connectivity index (χ4v) is 8.68. The number of nitrogens with zero attached hydrogens (tertiary/aromatic N) is 1. The van der Waals surface area contributed by atoms with Crippen LogP contribution in [0.1, 0.15) is 129 Å². The van der Waals surface area contributed by atoms with Crippen molar-refractivity contribution in [2.75, 3.05) is 0 Å². The maximum Gasteiger partial charge on any atom is 0.162 e. The van der Waals surface area contributed by atoms with Gasteiger partial charge in [-0.3, -0.25) is 4.79 Å². The van der Waals surface area contributed by atoms with E-state index in [4.69, 9.17) is 4.98 Å². The van der Waals surface area contributed by atoms with Gasteiger partial charge >= 0.3 is 0 Å². The van der Waals surface area contributed by atoms with Gasteiger partial charge in [-0.25, -0.2) is 0 Å². The minimum atomic E-state index is 0. The zero-order valence-corrected chi connectivity index (χ0v) is 36.1. The third-order valence-electron chi connectivity index (χ3n) is 11.6. The molecule has 3 aromatic carbocycles. The molecule has 4 heteroatoms. The number of aromatic nitrogens is 1. The number of benzene rings is 3. The summed E-state index contributed by atoms with van der Waals surface area (Å²) in [4.78, 5) is 16.8. The number of fused-ring (bicyclic) bond motifs is 3. The summed E-state index contributed by atoms with van der Waals surface area (Å²) in [6.45, 7) is 24.0. The average molecular weight is 877 g/mol. The molecule has 6 rings (SSSR count). The molecule has 1 unspecified atom stereocenters. The zero-order valence-electron chi connectivity index (χ0n) is 33.7. The molecule has 1 radical (unpaired) electrons. The second kappa shape index (κ2) is 16.5. The Morgan fingerprint density at radius 1 is 0.827 bits per heavy atom. The van der Waals surface area contributed by atoms with Gasteiger partial charge in [-0.1, -0.05) is 130 Å². The standard InChI is InChI=1S/C34H36N.C14H26O2.Ir/c1-32(2,3)29-16-31(35-21-30(29)33(4,5)6)27-13-9-12-22-14-25-19-34(20-26(25)15-28(22)27)17-23-10-7-8-11-24(23)18-34;1-6-11(7-2)13(15)9-14(16)12(8-3)10(4)5;/h7-12,14-16,21H,17-20H2,1-6H3;9-12,16H,6-8H2,1-5H3;/q-1;;/b;14-9-;. The van der Waals surface area contributed by atoms with Gasteiger partial charge in [-0.05, 0) is 101 Å². The van der Waals surface area contributed by atoms with Crippen molar-refractivity contribution in [2.24, 2.45) is 23.2 Å². The molecule has 0 bridgehead atoms. The molecule has 1 heterocycles. The minimum Gasteiger partial charge on any atom is -0.512 e. The second-order valence-corrected chi connectivity index (χ2v) is 17.9. The van der Waals surface area contributed by atoms with E-state index < -0.39 is 0 Å². The summed E-state index contributed by atoms with van der Waals surface area (Å²) in [6.07, 6.45) is 10.9. The fraction of sp³-hybridized carbons (Fsp3) is 0.500. The van der Waals surface area contributed by atoms with Crippen LogP contribution in [0.4, 0.5) is 0 Å². The van der Waals surface area contributed by atoms with Crippen LogP contribution in [0.15, 0.2) is 72.6 Å². The largest absolute Gasteiger partial charge is 0.512 e. The molecule has 1 aromatic heterocycles. The molecule has 0 fully saturated rings. The number of ketones is 1. The molecule has 0 saturated heterocycles. The molecule has 0 aliphatic heterocycles.